The molecule has 3 heterocycles. The minimum Gasteiger partial charge on any atom is -0.312 e. The molecule has 7 aromatic carbocycles. The van der Waals surface area contributed by atoms with Gasteiger partial charge in [0, 0.05) is 38.5 Å². The van der Waals surface area contributed by atoms with E-state index < -0.39 is 0 Å². The molecule has 0 aliphatic carbocycles. The van der Waals surface area contributed by atoms with E-state index in [1.165, 1.54) is 9.13 Å². The summed E-state index contributed by atoms with van der Waals surface area (Å²) in [5, 5.41) is 0.625. The maximum absolute atomic E-state index is 7.40. The summed E-state index contributed by atoms with van der Waals surface area (Å²) in [4.78, 5) is 9.98. The lowest BCUT2D eigenvalue weighted by Gasteiger charge is -2.27. The van der Waals surface area contributed by atoms with Crippen molar-refractivity contribution in [1.82, 2.24) is 19.1 Å². The average Bonchev–Trinajstić information content (AvgIpc) is 3.90. The molecule has 0 spiro atoms. The third kappa shape index (κ3) is 6.31. The van der Waals surface area contributed by atoms with E-state index in [9.17, 15) is 0 Å². The SMILES string of the molecule is [B]c1c([B])c([B])c2c(-c3c([B])c([B])c4c([B])c([B])c([B])c([B])c4c3[B])nc(-n3c4c([B])c([B])c([B])c([B])c4c4c([B])c(-n5c6c([B])c([B])c([B])c([B])c6c6c([B])c([B])c([B])c([B])c65)c([B])c([B])c43)nc2c1[B]. The zero-order valence-corrected chi connectivity index (χ0v) is 37.8. The van der Waals surface area contributed by atoms with Crippen LogP contribution in [-0.4, -0.2) is 223 Å². The average molecular weight is 842 g/mol. The molecule has 0 saturated heterocycles. The van der Waals surface area contributed by atoms with E-state index in [0.717, 1.165) is 0 Å². The summed E-state index contributed by atoms with van der Waals surface area (Å²) in [6.45, 7) is 0. The van der Waals surface area contributed by atoms with Crippen molar-refractivity contribution in [1.29, 1.82) is 0 Å². The third-order valence-electron chi connectivity index (χ3n) is 13.8. The number of rotatable bonds is 3. The van der Waals surface area contributed by atoms with Crippen molar-refractivity contribution in [3.8, 4) is 22.9 Å². The molecule has 10 rings (SSSR count). The summed E-state index contributed by atoms with van der Waals surface area (Å²) in [5.74, 6) is -0.305. The lowest BCUT2D eigenvalue weighted by molar-refractivity contribution is 1.02. The smallest absolute Gasteiger partial charge is 0.235 e. The number of nitrogens with zero attached hydrogens (tertiary/aromatic N) is 4. The molecule has 4 nitrogen and oxygen atoms in total. The van der Waals surface area contributed by atoms with Gasteiger partial charge in [0.15, 0.2) is 0 Å². The van der Waals surface area contributed by atoms with Crippen LogP contribution in [0.4, 0.5) is 0 Å². The van der Waals surface area contributed by atoms with Gasteiger partial charge in [-0.05, 0) is 32.5 Å². The molecule has 0 aliphatic rings. The topological polar surface area (TPSA) is 35.6 Å². The third-order valence-corrected chi connectivity index (χ3v) is 13.8. The molecule has 0 bridgehead atoms. The van der Waals surface area contributed by atoms with Gasteiger partial charge in [0.1, 0.15) is 204 Å². The van der Waals surface area contributed by atoms with Crippen LogP contribution in [0.25, 0.3) is 88.2 Å². The summed E-state index contributed by atoms with van der Waals surface area (Å²) < 4.78 is 2.79. The molecule has 0 amide bonds. The Kier molecular flexibility index (Phi) is 12.0. The number of benzene rings is 7. The van der Waals surface area contributed by atoms with Gasteiger partial charge in [-0.2, -0.15) is 0 Å². The molecule has 52 radical (unpaired) electrons. The first-order valence-corrected chi connectivity index (χ1v) is 21.0. The Morgan fingerprint density at radius 3 is 0.917 bits per heavy atom. The Morgan fingerprint density at radius 2 is 0.500 bits per heavy atom. The largest absolute Gasteiger partial charge is 0.312 e. The molecule has 0 N–H and O–H groups in total. The van der Waals surface area contributed by atoms with E-state index in [-0.39, 0.29) is 230 Å². The fraction of sp³-hybridized carbons (Fsp3) is 0. The second kappa shape index (κ2) is 17.0. The van der Waals surface area contributed by atoms with Gasteiger partial charge in [-0.15, -0.1) is 54.6 Å². The molecule has 0 fully saturated rings. The second-order valence-electron chi connectivity index (χ2n) is 17.4. The first-order chi connectivity index (χ1) is 33.6. The number of fused-ring (bicyclic) bond motifs is 8. The molecule has 72 heavy (non-hydrogen) atoms. The Morgan fingerprint density at radius 1 is 0.208 bits per heavy atom. The molecule has 266 valence electrons. The molecule has 30 heteroatoms. The molecule has 3 aromatic heterocycles. The Bertz CT molecular complexity index is 4220. The zero-order chi connectivity index (χ0) is 52.8. The summed E-state index contributed by atoms with van der Waals surface area (Å²) in [5.41, 5.74) is -3.38. The highest BCUT2D eigenvalue weighted by Crippen LogP contribution is 2.32. The lowest BCUT2D eigenvalue weighted by Crippen LogP contribution is -2.52. The highest BCUT2D eigenvalue weighted by Gasteiger charge is 2.31. The molecule has 0 unspecified atom stereocenters. The van der Waals surface area contributed by atoms with Crippen molar-refractivity contribution >= 4 is 411 Å². The predicted octanol–water partition coefficient (Wildman–Crippen LogP) is -20.7. The van der Waals surface area contributed by atoms with Crippen LogP contribution in [0.2, 0.25) is 0 Å². The first kappa shape index (κ1) is 50.9. The predicted molar refractivity (Wildman–Crippen MR) is 331 cm³/mol. The summed E-state index contributed by atoms with van der Waals surface area (Å²) in [6.07, 6.45) is 0. The number of hydrogen-bond acceptors (Lipinski definition) is 2. The second-order valence-corrected chi connectivity index (χ2v) is 17.4. The summed E-state index contributed by atoms with van der Waals surface area (Å²) >= 11 is 0. The highest BCUT2D eigenvalue weighted by atomic mass is 15.2. The van der Waals surface area contributed by atoms with Gasteiger partial charge >= 0.3 is 0 Å². The Labute approximate surface area is 450 Å². The molecular formula is C42B26N4. The molecular weight excluding hydrogens is 842 g/mol. The van der Waals surface area contributed by atoms with Crippen molar-refractivity contribution in [3.05, 3.63) is 0 Å². The van der Waals surface area contributed by atoms with Gasteiger partial charge in [-0.3, -0.25) is 4.57 Å². The minimum atomic E-state index is -0.305. The van der Waals surface area contributed by atoms with Crippen LogP contribution in [0.15, 0.2) is 0 Å². The molecule has 0 atom stereocenters. The maximum atomic E-state index is 7.40. The van der Waals surface area contributed by atoms with Gasteiger partial charge in [-0.25, -0.2) is 9.97 Å². The van der Waals surface area contributed by atoms with Crippen LogP contribution in [0, 0.1) is 0 Å². The standard InChI is InChI=1S/C42B26N4/c43-9-1-2(12(46)20(54)19(53)11(1)45)10(44)16(50)7(9)35-8-17(51)24(58)25(59)29(63)36(8)70-42(69-35)72-39-5(15(49)23(57)28(62)32(39)66)6-18(52)41(34(68)33(67)40(6)72)71-37-3(13(47)21(55)26(60)30(37)64)4-14(48)22(56)27(61)31(65)38(4)71. The van der Waals surface area contributed by atoms with E-state index in [2.05, 4.69) is 0 Å². The van der Waals surface area contributed by atoms with Crippen molar-refractivity contribution in [2.24, 2.45) is 0 Å². The number of hydrogen-bond donors (Lipinski definition) is 0. The lowest BCUT2D eigenvalue weighted by atomic mass is 9.58. The quantitative estimate of drug-likeness (QED) is 0.166. The van der Waals surface area contributed by atoms with Crippen molar-refractivity contribution in [2.75, 3.05) is 0 Å². The Hall–Kier alpha value is -4.57. The molecule has 0 aliphatic heterocycles. The van der Waals surface area contributed by atoms with Crippen molar-refractivity contribution < 1.29 is 0 Å². The van der Waals surface area contributed by atoms with Crippen LogP contribution in [0.1, 0.15) is 0 Å². The van der Waals surface area contributed by atoms with E-state index in [1.807, 2.05) is 0 Å². The van der Waals surface area contributed by atoms with Gasteiger partial charge in [0.05, 0.1) is 11.2 Å². The van der Waals surface area contributed by atoms with Crippen molar-refractivity contribution in [2.45, 2.75) is 0 Å². The van der Waals surface area contributed by atoms with Gasteiger partial charge in [0.2, 0.25) is 5.95 Å². The van der Waals surface area contributed by atoms with Gasteiger partial charge in [-0.1, -0.05) is 87.4 Å². The fourth-order valence-electron chi connectivity index (χ4n) is 9.97. The summed E-state index contributed by atoms with van der Waals surface area (Å²) in [7, 11) is 174. The van der Waals surface area contributed by atoms with Crippen LogP contribution in [0.5, 0.6) is 0 Å². The van der Waals surface area contributed by atoms with E-state index in [1.54, 1.807) is 0 Å². The zero-order valence-electron chi connectivity index (χ0n) is 37.8. The van der Waals surface area contributed by atoms with Crippen LogP contribution in [-0.2, 0) is 0 Å². The Balaban J connectivity index is 1.46. The van der Waals surface area contributed by atoms with Gasteiger partial charge < -0.3 is 4.57 Å². The minimum absolute atomic E-state index is 0.00117. The van der Waals surface area contributed by atoms with E-state index >= 15 is 0 Å². The van der Waals surface area contributed by atoms with Crippen LogP contribution < -0.4 is 142 Å². The highest BCUT2D eigenvalue weighted by molar-refractivity contribution is 6.76. The maximum Gasteiger partial charge on any atom is 0.235 e. The molecule has 0 saturated carbocycles. The van der Waals surface area contributed by atoms with E-state index in [0.29, 0.717) is 0 Å². The first-order valence-electron chi connectivity index (χ1n) is 21.0. The monoisotopic (exact) mass is 846 g/mol. The van der Waals surface area contributed by atoms with Crippen molar-refractivity contribution in [3.63, 3.8) is 0 Å². The summed E-state index contributed by atoms with van der Waals surface area (Å²) in [6, 6.07) is 0. The number of aromatic nitrogens is 4. The normalized spacial score (nSPS) is 11.9. The van der Waals surface area contributed by atoms with Crippen LogP contribution in [0.3, 0.4) is 0 Å². The fourth-order valence-corrected chi connectivity index (χ4v) is 9.97. The molecule has 10 aromatic rings. The van der Waals surface area contributed by atoms with Gasteiger partial charge in [0.25, 0.3) is 0 Å². The van der Waals surface area contributed by atoms with Crippen LogP contribution >= 0.6 is 0 Å². The van der Waals surface area contributed by atoms with E-state index in [4.69, 9.17) is 214 Å².